The van der Waals surface area contributed by atoms with Gasteiger partial charge in [-0.1, -0.05) is 0 Å². The van der Waals surface area contributed by atoms with Crippen molar-refractivity contribution in [2.75, 3.05) is 6.61 Å². The lowest BCUT2D eigenvalue weighted by atomic mass is 10.2. The lowest BCUT2D eigenvalue weighted by Crippen LogP contribution is -2.12. The van der Waals surface area contributed by atoms with E-state index in [1.54, 1.807) is 25.1 Å². The zero-order valence-electron chi connectivity index (χ0n) is 7.74. The Labute approximate surface area is 90.8 Å². The molecule has 1 aromatic carbocycles. The predicted molar refractivity (Wildman–Crippen MR) is 56.7 cm³/mol. The normalized spacial score (nSPS) is 12.2. The number of hydrogen-bond donors (Lipinski definition) is 1. The number of carbonyl (C=O) groups is 1. The molecular formula is C10H11BrO3. The Bertz CT molecular complexity index is 323. The number of benzene rings is 1. The Morgan fingerprint density at radius 1 is 1.64 bits per heavy atom. The van der Waals surface area contributed by atoms with Gasteiger partial charge in [-0.2, -0.15) is 0 Å². The number of carbonyl (C=O) groups excluding carboxylic acids is 1. The molecule has 0 radical (unpaired) electrons. The number of ether oxygens (including phenoxy) is 1. The fourth-order valence-electron chi connectivity index (χ4n) is 0.918. The van der Waals surface area contributed by atoms with E-state index in [1.807, 2.05) is 0 Å². The van der Waals surface area contributed by atoms with Crippen LogP contribution in [-0.4, -0.2) is 24.1 Å². The molecule has 0 bridgehead atoms. The van der Waals surface area contributed by atoms with Gasteiger partial charge in [-0.25, -0.2) is 0 Å². The van der Waals surface area contributed by atoms with Crippen LogP contribution in [0.15, 0.2) is 22.7 Å². The number of aliphatic hydroxyl groups is 1. The van der Waals surface area contributed by atoms with Crippen molar-refractivity contribution in [3.63, 3.8) is 0 Å². The van der Waals surface area contributed by atoms with Crippen LogP contribution in [-0.2, 0) is 0 Å². The molecule has 0 aliphatic carbocycles. The van der Waals surface area contributed by atoms with E-state index in [-0.39, 0.29) is 6.61 Å². The molecular weight excluding hydrogens is 248 g/mol. The van der Waals surface area contributed by atoms with Gasteiger partial charge in [0, 0.05) is 5.56 Å². The van der Waals surface area contributed by atoms with Gasteiger partial charge in [0.2, 0.25) is 0 Å². The first-order chi connectivity index (χ1) is 6.63. The lowest BCUT2D eigenvalue weighted by Gasteiger charge is -2.09. The maximum atomic E-state index is 10.4. The molecule has 1 atom stereocenters. The molecule has 0 aliphatic heterocycles. The van der Waals surface area contributed by atoms with Crippen molar-refractivity contribution in [2.24, 2.45) is 0 Å². The second-order valence-electron chi connectivity index (χ2n) is 2.97. The second-order valence-corrected chi connectivity index (χ2v) is 3.82. The molecule has 1 unspecified atom stereocenters. The Morgan fingerprint density at radius 2 is 2.36 bits per heavy atom. The molecule has 1 rings (SSSR count). The van der Waals surface area contributed by atoms with Crippen molar-refractivity contribution in [1.82, 2.24) is 0 Å². The van der Waals surface area contributed by atoms with Crippen LogP contribution in [0.5, 0.6) is 5.75 Å². The number of hydrogen-bond acceptors (Lipinski definition) is 3. The van der Waals surface area contributed by atoms with Gasteiger partial charge in [-0.15, -0.1) is 0 Å². The number of aliphatic hydroxyl groups excluding tert-OH is 1. The third kappa shape index (κ3) is 3.12. The fourth-order valence-corrected chi connectivity index (χ4v) is 1.43. The van der Waals surface area contributed by atoms with Gasteiger partial charge in [0.15, 0.2) is 0 Å². The first kappa shape index (κ1) is 11.2. The average molecular weight is 259 g/mol. The fraction of sp³-hybridized carbons (Fsp3) is 0.300. The summed E-state index contributed by atoms with van der Waals surface area (Å²) in [6.07, 6.45) is 0.260. The number of rotatable bonds is 4. The minimum atomic E-state index is -0.507. The van der Waals surface area contributed by atoms with Crippen molar-refractivity contribution >= 4 is 22.2 Å². The molecule has 1 N–H and O–H groups in total. The molecule has 0 spiro atoms. The summed E-state index contributed by atoms with van der Waals surface area (Å²) in [6, 6.07) is 5.02. The molecule has 0 saturated heterocycles. The summed E-state index contributed by atoms with van der Waals surface area (Å²) in [5, 5.41) is 9.01. The molecule has 0 aromatic heterocycles. The summed E-state index contributed by atoms with van der Waals surface area (Å²) < 4.78 is 6.00. The van der Waals surface area contributed by atoms with E-state index in [1.165, 1.54) is 0 Å². The van der Waals surface area contributed by atoms with Gasteiger partial charge < -0.3 is 9.84 Å². The summed E-state index contributed by atoms with van der Waals surface area (Å²) in [5.41, 5.74) is 0.585. The minimum absolute atomic E-state index is 0.235. The molecule has 3 nitrogen and oxygen atoms in total. The maximum absolute atomic E-state index is 10.4. The van der Waals surface area contributed by atoms with Gasteiger partial charge in [0.05, 0.1) is 10.6 Å². The summed E-state index contributed by atoms with van der Waals surface area (Å²) in [5.74, 6) is 0.622. The van der Waals surface area contributed by atoms with Crippen molar-refractivity contribution < 1.29 is 14.6 Å². The monoisotopic (exact) mass is 258 g/mol. The minimum Gasteiger partial charge on any atom is -0.490 e. The molecule has 4 heteroatoms. The van der Waals surface area contributed by atoms with Gasteiger partial charge in [-0.05, 0) is 41.1 Å². The maximum Gasteiger partial charge on any atom is 0.150 e. The van der Waals surface area contributed by atoms with E-state index in [4.69, 9.17) is 9.84 Å². The Balaban J connectivity index is 2.73. The highest BCUT2D eigenvalue weighted by Crippen LogP contribution is 2.25. The highest BCUT2D eigenvalue weighted by molar-refractivity contribution is 9.10. The summed E-state index contributed by atoms with van der Waals surface area (Å²) in [7, 11) is 0. The quantitative estimate of drug-likeness (QED) is 0.841. The van der Waals surface area contributed by atoms with E-state index in [2.05, 4.69) is 15.9 Å². The first-order valence-electron chi connectivity index (χ1n) is 4.19. The molecule has 0 saturated carbocycles. The topological polar surface area (TPSA) is 46.5 Å². The van der Waals surface area contributed by atoms with E-state index < -0.39 is 6.10 Å². The zero-order chi connectivity index (χ0) is 10.6. The zero-order valence-corrected chi connectivity index (χ0v) is 9.32. The number of halogens is 1. The van der Waals surface area contributed by atoms with Crippen LogP contribution >= 0.6 is 15.9 Å². The van der Waals surface area contributed by atoms with Gasteiger partial charge >= 0.3 is 0 Å². The molecule has 0 fully saturated rings. The molecule has 0 heterocycles. The molecule has 0 amide bonds. The molecule has 0 aliphatic rings. The smallest absolute Gasteiger partial charge is 0.150 e. The summed E-state index contributed by atoms with van der Waals surface area (Å²) in [6.45, 7) is 1.88. The second kappa shape index (κ2) is 5.12. The molecule has 1 aromatic rings. The van der Waals surface area contributed by atoms with Crippen LogP contribution in [0.25, 0.3) is 0 Å². The van der Waals surface area contributed by atoms with Gasteiger partial charge in [0.1, 0.15) is 18.6 Å². The first-order valence-corrected chi connectivity index (χ1v) is 4.98. The van der Waals surface area contributed by atoms with E-state index in [9.17, 15) is 4.79 Å². The van der Waals surface area contributed by atoms with Gasteiger partial charge in [-0.3, -0.25) is 4.79 Å². The summed E-state index contributed by atoms with van der Waals surface area (Å²) >= 11 is 3.27. The Hall–Kier alpha value is -0.870. The van der Waals surface area contributed by atoms with Crippen LogP contribution in [0.4, 0.5) is 0 Å². The Kier molecular flexibility index (Phi) is 4.10. The van der Waals surface area contributed by atoms with Crippen LogP contribution in [0.3, 0.4) is 0 Å². The van der Waals surface area contributed by atoms with Crippen molar-refractivity contribution in [3.05, 3.63) is 28.2 Å². The van der Waals surface area contributed by atoms with E-state index >= 15 is 0 Å². The van der Waals surface area contributed by atoms with Crippen molar-refractivity contribution in [3.8, 4) is 5.75 Å². The third-order valence-electron chi connectivity index (χ3n) is 1.57. The van der Waals surface area contributed by atoms with E-state index in [0.717, 1.165) is 6.29 Å². The van der Waals surface area contributed by atoms with E-state index in [0.29, 0.717) is 15.8 Å². The largest absolute Gasteiger partial charge is 0.490 e. The molecule has 76 valence electrons. The average Bonchev–Trinajstić information content (AvgIpc) is 2.15. The van der Waals surface area contributed by atoms with Gasteiger partial charge in [0.25, 0.3) is 0 Å². The highest BCUT2D eigenvalue weighted by Gasteiger charge is 2.03. The predicted octanol–water partition coefficient (Wildman–Crippen LogP) is 2.02. The molecule has 14 heavy (non-hydrogen) atoms. The standard InChI is InChI=1S/C10H11BrO3/c1-7(13)6-14-10-3-2-8(5-12)4-9(10)11/h2-5,7,13H,6H2,1H3. The van der Waals surface area contributed by atoms with Crippen LogP contribution < -0.4 is 4.74 Å². The van der Waals surface area contributed by atoms with Crippen LogP contribution in [0.1, 0.15) is 17.3 Å². The summed E-state index contributed by atoms with van der Waals surface area (Å²) in [4.78, 5) is 10.4. The van der Waals surface area contributed by atoms with Crippen LogP contribution in [0, 0.1) is 0 Å². The highest BCUT2D eigenvalue weighted by atomic mass is 79.9. The number of aldehydes is 1. The van der Waals surface area contributed by atoms with Crippen molar-refractivity contribution in [2.45, 2.75) is 13.0 Å². The lowest BCUT2D eigenvalue weighted by molar-refractivity contribution is 0.112. The Morgan fingerprint density at radius 3 is 2.86 bits per heavy atom. The van der Waals surface area contributed by atoms with Crippen LogP contribution in [0.2, 0.25) is 0 Å². The van der Waals surface area contributed by atoms with Crippen molar-refractivity contribution in [1.29, 1.82) is 0 Å². The third-order valence-corrected chi connectivity index (χ3v) is 2.19. The SMILES string of the molecule is CC(O)COc1ccc(C=O)cc1Br.